The molecule has 1 saturated heterocycles. The van der Waals surface area contributed by atoms with Crippen LogP contribution >= 0.6 is 0 Å². The molecule has 3 heterocycles. The Balaban J connectivity index is 1.50. The second-order valence-corrected chi connectivity index (χ2v) is 6.51. The van der Waals surface area contributed by atoms with Crippen LogP contribution in [0, 0.1) is 5.92 Å². The number of likely N-dealkylation sites (tertiary alicyclic amines) is 1. The Kier molecular flexibility index (Phi) is 6.06. The van der Waals surface area contributed by atoms with Gasteiger partial charge >= 0.3 is 0 Å². The number of nitrogens with one attached hydrogen (secondary N) is 1. The van der Waals surface area contributed by atoms with Crippen LogP contribution in [0.5, 0.6) is 0 Å². The molecule has 6 heteroatoms. The fraction of sp³-hybridized carbons (Fsp3) is 0.474. The summed E-state index contributed by atoms with van der Waals surface area (Å²) in [5.41, 5.74) is 1.74. The molecular weight excluding hydrogens is 314 g/mol. The Bertz CT molecular complexity index is 691. The van der Waals surface area contributed by atoms with Gasteiger partial charge in [0.1, 0.15) is 5.82 Å². The summed E-state index contributed by atoms with van der Waals surface area (Å²) in [5.74, 6) is 1.35. The van der Waals surface area contributed by atoms with E-state index in [1.54, 1.807) is 24.5 Å². The molecule has 0 aliphatic carbocycles. The van der Waals surface area contributed by atoms with Gasteiger partial charge in [-0.1, -0.05) is 6.92 Å². The zero-order valence-corrected chi connectivity index (χ0v) is 14.7. The molecule has 3 rings (SSSR count). The fourth-order valence-electron chi connectivity index (χ4n) is 3.23. The minimum Gasteiger partial charge on any atom is -0.352 e. The highest BCUT2D eigenvalue weighted by Gasteiger charge is 2.21. The van der Waals surface area contributed by atoms with E-state index in [0.29, 0.717) is 18.0 Å². The van der Waals surface area contributed by atoms with Crippen LogP contribution in [0.4, 0.5) is 0 Å². The summed E-state index contributed by atoms with van der Waals surface area (Å²) in [7, 11) is 0. The summed E-state index contributed by atoms with van der Waals surface area (Å²) < 4.78 is 0. The zero-order valence-electron chi connectivity index (χ0n) is 14.7. The van der Waals surface area contributed by atoms with Crippen molar-refractivity contribution in [1.82, 2.24) is 25.2 Å². The highest BCUT2D eigenvalue weighted by Crippen LogP contribution is 2.17. The van der Waals surface area contributed by atoms with Crippen LogP contribution in [0.15, 0.2) is 36.8 Å². The van der Waals surface area contributed by atoms with Crippen LogP contribution < -0.4 is 5.32 Å². The second-order valence-electron chi connectivity index (χ2n) is 6.51. The Morgan fingerprint density at radius 3 is 2.92 bits per heavy atom. The van der Waals surface area contributed by atoms with Crippen LogP contribution in [0.1, 0.15) is 41.6 Å². The van der Waals surface area contributed by atoms with Crippen LogP contribution in [-0.4, -0.2) is 45.4 Å². The van der Waals surface area contributed by atoms with E-state index in [9.17, 15) is 4.79 Å². The molecule has 1 amide bonds. The molecule has 1 atom stereocenters. The molecule has 132 valence electrons. The average molecular weight is 339 g/mol. The third-order valence-electron chi connectivity index (χ3n) is 4.56. The van der Waals surface area contributed by atoms with Gasteiger partial charge in [-0.2, -0.15) is 0 Å². The van der Waals surface area contributed by atoms with Gasteiger partial charge in [0.25, 0.3) is 5.91 Å². The van der Waals surface area contributed by atoms with Gasteiger partial charge in [0.05, 0.1) is 5.69 Å². The number of piperidine rings is 1. The van der Waals surface area contributed by atoms with Crippen molar-refractivity contribution >= 4 is 5.91 Å². The zero-order chi connectivity index (χ0) is 17.5. The molecule has 1 aliphatic rings. The van der Waals surface area contributed by atoms with E-state index in [1.807, 2.05) is 12.3 Å². The van der Waals surface area contributed by atoms with E-state index in [0.717, 1.165) is 50.4 Å². The standard InChI is InChI=1S/C19H25N5O/c1-2-18-21-10-7-17(23-18)14-24-11-3-4-15(13-24)12-22-19(25)16-5-8-20-9-6-16/h5-10,15H,2-4,11-14H2,1H3,(H,22,25)/t15-/m1/s1. The van der Waals surface area contributed by atoms with E-state index in [-0.39, 0.29) is 5.91 Å². The summed E-state index contributed by atoms with van der Waals surface area (Å²) in [5, 5.41) is 3.05. The maximum atomic E-state index is 12.2. The molecule has 1 fully saturated rings. The van der Waals surface area contributed by atoms with Crippen molar-refractivity contribution in [3.8, 4) is 0 Å². The number of rotatable bonds is 6. The first-order valence-corrected chi connectivity index (χ1v) is 8.96. The minimum absolute atomic E-state index is 0.0251. The molecule has 1 N–H and O–H groups in total. The van der Waals surface area contributed by atoms with Crippen molar-refractivity contribution in [3.63, 3.8) is 0 Å². The van der Waals surface area contributed by atoms with E-state index in [4.69, 9.17) is 0 Å². The number of carbonyl (C=O) groups excluding carboxylic acids is 1. The van der Waals surface area contributed by atoms with Crippen molar-refractivity contribution in [1.29, 1.82) is 0 Å². The first-order valence-electron chi connectivity index (χ1n) is 8.96. The lowest BCUT2D eigenvalue weighted by Crippen LogP contribution is -2.40. The fourth-order valence-corrected chi connectivity index (χ4v) is 3.23. The van der Waals surface area contributed by atoms with Crippen LogP contribution in [0.3, 0.4) is 0 Å². The van der Waals surface area contributed by atoms with Gasteiger partial charge in [-0.25, -0.2) is 9.97 Å². The molecule has 0 unspecified atom stereocenters. The monoisotopic (exact) mass is 339 g/mol. The number of nitrogens with zero attached hydrogens (tertiary/aromatic N) is 4. The molecule has 6 nitrogen and oxygen atoms in total. The normalized spacial score (nSPS) is 18.0. The minimum atomic E-state index is -0.0251. The molecule has 0 spiro atoms. The van der Waals surface area contributed by atoms with Crippen molar-refractivity contribution in [2.45, 2.75) is 32.7 Å². The van der Waals surface area contributed by atoms with E-state index >= 15 is 0 Å². The second kappa shape index (κ2) is 8.67. The number of pyridine rings is 1. The molecule has 2 aromatic rings. The number of aromatic nitrogens is 3. The molecule has 2 aromatic heterocycles. The third kappa shape index (κ3) is 5.06. The molecule has 25 heavy (non-hydrogen) atoms. The quantitative estimate of drug-likeness (QED) is 0.872. The van der Waals surface area contributed by atoms with E-state index in [2.05, 4.69) is 32.1 Å². The maximum absolute atomic E-state index is 12.2. The highest BCUT2D eigenvalue weighted by atomic mass is 16.1. The largest absolute Gasteiger partial charge is 0.352 e. The Labute approximate surface area is 148 Å². The summed E-state index contributed by atoms with van der Waals surface area (Å²) in [4.78, 5) is 27.4. The third-order valence-corrected chi connectivity index (χ3v) is 4.56. The van der Waals surface area contributed by atoms with E-state index in [1.165, 1.54) is 0 Å². The summed E-state index contributed by atoms with van der Waals surface area (Å²) in [6, 6.07) is 5.47. The molecular formula is C19H25N5O. The molecule has 1 aliphatic heterocycles. The maximum Gasteiger partial charge on any atom is 0.251 e. The lowest BCUT2D eigenvalue weighted by Gasteiger charge is -2.32. The van der Waals surface area contributed by atoms with Crippen LogP contribution in [0.25, 0.3) is 0 Å². The molecule has 0 saturated carbocycles. The predicted octanol–water partition coefficient (Wildman–Crippen LogP) is 2.08. The number of hydrogen-bond acceptors (Lipinski definition) is 5. The van der Waals surface area contributed by atoms with Crippen LogP contribution in [0.2, 0.25) is 0 Å². The number of amides is 1. The van der Waals surface area contributed by atoms with Crippen molar-refractivity contribution in [2.24, 2.45) is 5.92 Å². The Morgan fingerprint density at radius 2 is 2.12 bits per heavy atom. The SMILES string of the molecule is CCc1nccc(CN2CCC[C@H](CNC(=O)c3ccncc3)C2)n1. The summed E-state index contributed by atoms with van der Waals surface area (Å²) >= 11 is 0. The van der Waals surface area contributed by atoms with Gasteiger partial charge in [0.2, 0.25) is 0 Å². The molecule has 0 bridgehead atoms. The highest BCUT2D eigenvalue weighted by molar-refractivity contribution is 5.93. The number of carbonyl (C=O) groups is 1. The lowest BCUT2D eigenvalue weighted by molar-refractivity contribution is 0.0930. The topological polar surface area (TPSA) is 71.0 Å². The van der Waals surface area contributed by atoms with Crippen LogP contribution in [-0.2, 0) is 13.0 Å². The predicted molar refractivity (Wildman–Crippen MR) is 96.0 cm³/mol. The first kappa shape index (κ1) is 17.5. The number of hydrogen-bond donors (Lipinski definition) is 1. The van der Waals surface area contributed by atoms with Gasteiger partial charge in [-0.15, -0.1) is 0 Å². The average Bonchev–Trinajstić information content (AvgIpc) is 2.67. The number of aryl methyl sites for hydroxylation is 1. The van der Waals surface area contributed by atoms with Crippen molar-refractivity contribution < 1.29 is 4.79 Å². The Hall–Kier alpha value is -2.34. The lowest BCUT2D eigenvalue weighted by atomic mass is 9.97. The summed E-state index contributed by atoms with van der Waals surface area (Å²) in [6.45, 7) is 5.70. The Morgan fingerprint density at radius 1 is 1.28 bits per heavy atom. The molecule has 0 aromatic carbocycles. The molecule has 0 radical (unpaired) electrons. The van der Waals surface area contributed by atoms with Gasteiger partial charge in [-0.05, 0) is 43.5 Å². The summed E-state index contributed by atoms with van der Waals surface area (Å²) in [6.07, 6.45) is 8.29. The van der Waals surface area contributed by atoms with Crippen molar-refractivity contribution in [3.05, 3.63) is 53.9 Å². The van der Waals surface area contributed by atoms with Crippen molar-refractivity contribution in [2.75, 3.05) is 19.6 Å². The smallest absolute Gasteiger partial charge is 0.251 e. The van der Waals surface area contributed by atoms with Gasteiger partial charge in [0.15, 0.2) is 0 Å². The van der Waals surface area contributed by atoms with Gasteiger partial charge in [-0.3, -0.25) is 14.7 Å². The van der Waals surface area contributed by atoms with E-state index < -0.39 is 0 Å². The first-order chi connectivity index (χ1) is 12.2. The van der Waals surface area contributed by atoms with Gasteiger partial charge < -0.3 is 5.32 Å². The van der Waals surface area contributed by atoms with Gasteiger partial charge in [0, 0.05) is 50.2 Å².